The van der Waals surface area contributed by atoms with E-state index < -0.39 is 0 Å². The van der Waals surface area contributed by atoms with Gasteiger partial charge in [-0.15, -0.1) is 5.92 Å². The maximum absolute atomic E-state index is 5.36. The minimum absolute atomic E-state index is 0.329. The van der Waals surface area contributed by atoms with Gasteiger partial charge in [-0.05, 0) is 19.1 Å². The summed E-state index contributed by atoms with van der Waals surface area (Å²) in [6, 6.07) is 7.41. The number of hydrogen-bond donors (Lipinski definition) is 0. The smallest absolute Gasteiger partial charge is 0.217 e. The van der Waals surface area contributed by atoms with Gasteiger partial charge in [0, 0.05) is 12.3 Å². The largest absolute Gasteiger partial charge is 0.464 e. The van der Waals surface area contributed by atoms with E-state index in [4.69, 9.17) is 4.74 Å². The molecule has 17 heavy (non-hydrogen) atoms. The highest BCUT2D eigenvalue weighted by molar-refractivity contribution is 5.54. The van der Waals surface area contributed by atoms with Crippen LogP contribution in [0.1, 0.15) is 6.92 Å². The second kappa shape index (κ2) is 5.61. The van der Waals surface area contributed by atoms with Crippen molar-refractivity contribution in [1.29, 1.82) is 0 Å². The summed E-state index contributed by atoms with van der Waals surface area (Å²) < 4.78 is 5.36. The Bertz CT molecular complexity index is 543. The van der Waals surface area contributed by atoms with Crippen molar-refractivity contribution in [3.63, 3.8) is 0 Å². The summed E-state index contributed by atoms with van der Waals surface area (Å²) in [7, 11) is 0. The van der Waals surface area contributed by atoms with Crippen LogP contribution in [0.15, 0.2) is 36.8 Å². The van der Waals surface area contributed by atoms with Crippen LogP contribution in [0.3, 0.4) is 0 Å². The zero-order valence-electron chi connectivity index (χ0n) is 9.42. The van der Waals surface area contributed by atoms with Gasteiger partial charge in [-0.3, -0.25) is 4.98 Å². The van der Waals surface area contributed by atoms with Crippen molar-refractivity contribution in [2.75, 3.05) is 6.61 Å². The molecule has 2 aromatic rings. The van der Waals surface area contributed by atoms with Crippen molar-refractivity contribution in [3.05, 3.63) is 36.8 Å². The Balaban J connectivity index is 2.19. The molecule has 0 fully saturated rings. The highest BCUT2D eigenvalue weighted by Crippen LogP contribution is 2.16. The van der Waals surface area contributed by atoms with Gasteiger partial charge in [0.25, 0.3) is 0 Å². The van der Waals surface area contributed by atoms with E-state index in [1.54, 1.807) is 19.2 Å². The highest BCUT2D eigenvalue weighted by Gasteiger charge is 2.02. The second-order valence-electron chi connectivity index (χ2n) is 3.17. The standard InChI is InChI=1S/C13H11N3O/c1-2-3-8-17-13-9-12(15-10-16-13)11-6-4-5-7-14-11/h4-7,9-10H,8H2,1H3. The Morgan fingerprint density at radius 3 is 2.88 bits per heavy atom. The van der Waals surface area contributed by atoms with Gasteiger partial charge in [-0.1, -0.05) is 12.0 Å². The summed E-state index contributed by atoms with van der Waals surface area (Å²) in [6.45, 7) is 2.10. The first kappa shape index (κ1) is 11.1. The highest BCUT2D eigenvalue weighted by atomic mass is 16.5. The van der Waals surface area contributed by atoms with E-state index in [-0.39, 0.29) is 0 Å². The van der Waals surface area contributed by atoms with Crippen molar-refractivity contribution in [3.8, 4) is 29.1 Å². The topological polar surface area (TPSA) is 47.9 Å². The van der Waals surface area contributed by atoms with Crippen LogP contribution in [-0.4, -0.2) is 21.6 Å². The van der Waals surface area contributed by atoms with E-state index in [1.807, 2.05) is 18.2 Å². The molecule has 2 rings (SSSR count). The average Bonchev–Trinajstić information content (AvgIpc) is 2.41. The number of pyridine rings is 1. The van der Waals surface area contributed by atoms with Gasteiger partial charge in [0.1, 0.15) is 6.33 Å². The van der Waals surface area contributed by atoms with Crippen molar-refractivity contribution in [2.24, 2.45) is 0 Å². The third-order valence-electron chi connectivity index (χ3n) is 2.04. The molecule has 0 bridgehead atoms. The molecule has 84 valence electrons. The molecule has 2 heterocycles. The fraction of sp³-hybridized carbons (Fsp3) is 0.154. The minimum atomic E-state index is 0.329. The average molecular weight is 225 g/mol. The Labute approximate surface area is 99.7 Å². The molecule has 2 aromatic heterocycles. The number of hydrogen-bond acceptors (Lipinski definition) is 4. The first-order valence-corrected chi connectivity index (χ1v) is 5.16. The molecule has 0 saturated carbocycles. The van der Waals surface area contributed by atoms with E-state index in [2.05, 4.69) is 26.8 Å². The third-order valence-corrected chi connectivity index (χ3v) is 2.04. The van der Waals surface area contributed by atoms with Crippen LogP contribution < -0.4 is 4.74 Å². The van der Waals surface area contributed by atoms with Gasteiger partial charge in [0.05, 0.1) is 11.4 Å². The molecule has 0 aliphatic heterocycles. The minimum Gasteiger partial charge on any atom is -0.464 e. The predicted molar refractivity (Wildman–Crippen MR) is 64.2 cm³/mol. The van der Waals surface area contributed by atoms with Crippen LogP contribution in [-0.2, 0) is 0 Å². The molecular formula is C13H11N3O. The summed E-state index contributed by atoms with van der Waals surface area (Å²) in [4.78, 5) is 12.4. The Hall–Kier alpha value is -2.41. The number of ether oxygens (including phenoxy) is 1. The lowest BCUT2D eigenvalue weighted by atomic mass is 10.2. The lowest BCUT2D eigenvalue weighted by Gasteiger charge is -2.02. The fourth-order valence-electron chi connectivity index (χ4n) is 1.25. The molecule has 0 aromatic carbocycles. The normalized spacial score (nSPS) is 9.24. The number of aromatic nitrogens is 3. The van der Waals surface area contributed by atoms with Crippen LogP contribution in [0.2, 0.25) is 0 Å². The van der Waals surface area contributed by atoms with Crippen LogP contribution in [0, 0.1) is 11.8 Å². The molecule has 0 unspecified atom stereocenters. The zero-order chi connectivity index (χ0) is 11.9. The van der Waals surface area contributed by atoms with Gasteiger partial charge in [0.2, 0.25) is 5.88 Å². The van der Waals surface area contributed by atoms with Crippen LogP contribution >= 0.6 is 0 Å². The fourth-order valence-corrected chi connectivity index (χ4v) is 1.25. The van der Waals surface area contributed by atoms with E-state index in [9.17, 15) is 0 Å². The first-order valence-electron chi connectivity index (χ1n) is 5.16. The molecule has 0 aliphatic carbocycles. The van der Waals surface area contributed by atoms with Gasteiger partial charge in [-0.2, -0.15) is 0 Å². The molecule has 0 N–H and O–H groups in total. The quantitative estimate of drug-likeness (QED) is 0.749. The molecule has 0 aliphatic rings. The van der Waals surface area contributed by atoms with Gasteiger partial charge >= 0.3 is 0 Å². The molecule has 0 atom stereocenters. The van der Waals surface area contributed by atoms with Gasteiger partial charge in [0.15, 0.2) is 6.61 Å². The molecular weight excluding hydrogens is 214 g/mol. The summed E-state index contributed by atoms with van der Waals surface area (Å²) in [5.74, 6) is 6.06. The van der Waals surface area contributed by atoms with Crippen molar-refractivity contribution < 1.29 is 4.74 Å². The molecule has 4 nitrogen and oxygen atoms in total. The molecule has 0 spiro atoms. The van der Waals surface area contributed by atoms with E-state index in [0.29, 0.717) is 12.5 Å². The number of nitrogens with zero attached hydrogens (tertiary/aromatic N) is 3. The summed E-state index contributed by atoms with van der Waals surface area (Å²) >= 11 is 0. The SMILES string of the molecule is CC#CCOc1cc(-c2ccccn2)ncn1. The third kappa shape index (κ3) is 3.02. The van der Waals surface area contributed by atoms with Crippen LogP contribution in [0.25, 0.3) is 11.4 Å². The van der Waals surface area contributed by atoms with Gasteiger partial charge < -0.3 is 4.74 Å². The Morgan fingerprint density at radius 2 is 2.12 bits per heavy atom. The zero-order valence-corrected chi connectivity index (χ0v) is 9.42. The monoisotopic (exact) mass is 225 g/mol. The summed E-state index contributed by atoms with van der Waals surface area (Å²) in [5.41, 5.74) is 1.53. The van der Waals surface area contributed by atoms with E-state index in [0.717, 1.165) is 11.4 Å². The van der Waals surface area contributed by atoms with E-state index >= 15 is 0 Å². The molecule has 0 amide bonds. The van der Waals surface area contributed by atoms with Crippen LogP contribution in [0.4, 0.5) is 0 Å². The predicted octanol–water partition coefficient (Wildman–Crippen LogP) is 1.94. The Kier molecular flexibility index (Phi) is 3.66. The summed E-state index contributed by atoms with van der Waals surface area (Å²) in [5, 5.41) is 0. The number of rotatable bonds is 3. The lowest BCUT2D eigenvalue weighted by molar-refractivity contribution is 0.354. The second-order valence-corrected chi connectivity index (χ2v) is 3.17. The summed E-state index contributed by atoms with van der Waals surface area (Å²) in [6.07, 6.45) is 3.18. The van der Waals surface area contributed by atoms with Crippen molar-refractivity contribution >= 4 is 0 Å². The molecule has 0 radical (unpaired) electrons. The lowest BCUT2D eigenvalue weighted by Crippen LogP contribution is -1.97. The maximum atomic E-state index is 5.36. The maximum Gasteiger partial charge on any atom is 0.217 e. The molecule has 4 heteroatoms. The van der Waals surface area contributed by atoms with Crippen molar-refractivity contribution in [1.82, 2.24) is 15.0 Å². The van der Waals surface area contributed by atoms with Crippen molar-refractivity contribution in [2.45, 2.75) is 6.92 Å². The van der Waals surface area contributed by atoms with E-state index in [1.165, 1.54) is 6.33 Å². The molecule has 0 saturated heterocycles. The van der Waals surface area contributed by atoms with Gasteiger partial charge in [-0.25, -0.2) is 9.97 Å². The first-order chi connectivity index (χ1) is 8.40. The van der Waals surface area contributed by atoms with Crippen LogP contribution in [0.5, 0.6) is 5.88 Å². The Morgan fingerprint density at radius 1 is 1.18 bits per heavy atom.